The Labute approximate surface area is 172 Å². The van der Waals surface area contributed by atoms with Gasteiger partial charge in [-0.3, -0.25) is 13.9 Å². The van der Waals surface area contributed by atoms with Crippen molar-refractivity contribution in [2.45, 2.75) is 17.6 Å². The summed E-state index contributed by atoms with van der Waals surface area (Å²) in [6, 6.07) is 15.0. The molecule has 1 N–H and O–H groups in total. The van der Waals surface area contributed by atoms with Gasteiger partial charge in [0.15, 0.2) is 0 Å². The maximum atomic E-state index is 12.8. The molecule has 29 heavy (non-hydrogen) atoms. The molecule has 2 aromatic heterocycles. The van der Waals surface area contributed by atoms with E-state index in [9.17, 15) is 9.59 Å². The molecule has 0 aliphatic carbocycles. The molecule has 0 bridgehead atoms. The molecular weight excluding hydrogens is 386 g/mol. The fourth-order valence-corrected chi connectivity index (χ4v) is 4.11. The summed E-state index contributed by atoms with van der Waals surface area (Å²) in [6.07, 6.45) is 1.64. The predicted molar refractivity (Wildman–Crippen MR) is 116 cm³/mol. The van der Waals surface area contributed by atoms with E-state index in [4.69, 9.17) is 4.42 Å². The molecule has 0 fully saturated rings. The number of furan rings is 1. The molecule has 0 aliphatic heterocycles. The van der Waals surface area contributed by atoms with Crippen LogP contribution in [0.3, 0.4) is 0 Å². The van der Waals surface area contributed by atoms with E-state index in [1.54, 1.807) is 53.4 Å². The fraction of sp³-hybridized carbons (Fsp3) is 0.182. The third-order valence-electron chi connectivity index (χ3n) is 4.89. The van der Waals surface area contributed by atoms with Crippen molar-refractivity contribution in [3.8, 4) is 0 Å². The number of aromatic nitrogens is 2. The van der Waals surface area contributed by atoms with Gasteiger partial charge in [-0.25, -0.2) is 4.79 Å². The van der Waals surface area contributed by atoms with Gasteiger partial charge in [-0.1, -0.05) is 17.7 Å². The largest absolute Gasteiger partial charge is 0.468 e. The van der Waals surface area contributed by atoms with E-state index in [1.165, 1.54) is 0 Å². The average molecular weight is 407 g/mol. The molecule has 0 unspecified atom stereocenters. The van der Waals surface area contributed by atoms with Gasteiger partial charge in [-0.2, -0.15) is 0 Å². The van der Waals surface area contributed by atoms with Crippen LogP contribution in [0.1, 0.15) is 21.7 Å². The lowest BCUT2D eigenvalue weighted by molar-refractivity contribution is 0.102. The molecule has 2 aromatic carbocycles. The maximum absolute atomic E-state index is 12.8. The van der Waals surface area contributed by atoms with Crippen LogP contribution < -0.4 is 11.0 Å². The zero-order valence-electron chi connectivity index (χ0n) is 16.4. The molecule has 148 valence electrons. The van der Waals surface area contributed by atoms with Crippen LogP contribution in [-0.4, -0.2) is 15.0 Å². The second kappa shape index (κ2) is 7.67. The molecule has 1 amide bonds. The van der Waals surface area contributed by atoms with Crippen molar-refractivity contribution < 1.29 is 9.21 Å². The van der Waals surface area contributed by atoms with Crippen molar-refractivity contribution in [2.24, 2.45) is 14.1 Å². The summed E-state index contributed by atoms with van der Waals surface area (Å²) < 4.78 is 8.61. The second-order valence-corrected chi connectivity index (χ2v) is 7.94. The Morgan fingerprint density at radius 2 is 1.76 bits per heavy atom. The van der Waals surface area contributed by atoms with Crippen molar-refractivity contribution in [3.63, 3.8) is 0 Å². The summed E-state index contributed by atoms with van der Waals surface area (Å²) in [4.78, 5) is 26.0. The Bertz CT molecular complexity index is 1240. The minimum Gasteiger partial charge on any atom is -0.468 e. The SMILES string of the molecule is Cc1ccc(C(=O)Nc2cc3c(cc2SCc2ccco2)n(C)c(=O)n3C)cc1. The molecule has 0 aliphatic rings. The quantitative estimate of drug-likeness (QED) is 0.500. The van der Waals surface area contributed by atoms with E-state index in [0.29, 0.717) is 17.0 Å². The van der Waals surface area contributed by atoms with Gasteiger partial charge < -0.3 is 9.73 Å². The van der Waals surface area contributed by atoms with Gasteiger partial charge in [0.25, 0.3) is 5.91 Å². The summed E-state index contributed by atoms with van der Waals surface area (Å²) >= 11 is 1.55. The molecule has 0 atom stereocenters. The van der Waals surface area contributed by atoms with Crippen molar-refractivity contribution >= 4 is 34.4 Å². The van der Waals surface area contributed by atoms with E-state index in [1.807, 2.05) is 43.3 Å². The smallest absolute Gasteiger partial charge is 0.328 e. The van der Waals surface area contributed by atoms with Gasteiger partial charge in [0.2, 0.25) is 0 Å². The van der Waals surface area contributed by atoms with E-state index < -0.39 is 0 Å². The summed E-state index contributed by atoms with van der Waals surface area (Å²) in [5.41, 5.74) is 3.81. The molecule has 0 saturated carbocycles. The van der Waals surface area contributed by atoms with Crippen molar-refractivity contribution in [2.75, 3.05) is 5.32 Å². The zero-order chi connectivity index (χ0) is 20.5. The van der Waals surface area contributed by atoms with Crippen LogP contribution in [0.15, 0.2) is 68.9 Å². The first-order chi connectivity index (χ1) is 13.9. The number of hydrogen-bond acceptors (Lipinski definition) is 4. The summed E-state index contributed by atoms with van der Waals surface area (Å²) in [5, 5.41) is 3.01. The maximum Gasteiger partial charge on any atom is 0.328 e. The van der Waals surface area contributed by atoms with E-state index >= 15 is 0 Å². The first-order valence-electron chi connectivity index (χ1n) is 9.16. The summed E-state index contributed by atoms with van der Waals surface area (Å²) in [5.74, 6) is 1.27. The van der Waals surface area contributed by atoms with E-state index in [0.717, 1.165) is 27.3 Å². The fourth-order valence-electron chi connectivity index (χ4n) is 3.19. The van der Waals surface area contributed by atoms with Gasteiger partial charge in [0.1, 0.15) is 5.76 Å². The molecule has 0 spiro atoms. The van der Waals surface area contributed by atoms with Crippen LogP contribution in [0.2, 0.25) is 0 Å². The Kier molecular flexibility index (Phi) is 5.07. The van der Waals surface area contributed by atoms with Crippen molar-refractivity contribution in [3.05, 3.63) is 82.2 Å². The standard InChI is InChI=1S/C22H21N3O3S/c1-14-6-8-15(9-7-14)21(26)23-17-11-18-19(25(3)22(27)24(18)2)12-20(17)29-13-16-5-4-10-28-16/h4-12H,13H2,1-3H3,(H,23,26). The Hall–Kier alpha value is -3.19. The highest BCUT2D eigenvalue weighted by Crippen LogP contribution is 2.34. The van der Waals surface area contributed by atoms with Gasteiger partial charge in [-0.15, -0.1) is 11.8 Å². The third kappa shape index (κ3) is 3.73. The number of thioether (sulfide) groups is 1. The van der Waals surface area contributed by atoms with Crippen LogP contribution in [0, 0.1) is 6.92 Å². The van der Waals surface area contributed by atoms with Gasteiger partial charge in [0.05, 0.1) is 28.7 Å². The molecule has 6 nitrogen and oxygen atoms in total. The predicted octanol–water partition coefficient (Wildman–Crippen LogP) is 4.32. The van der Waals surface area contributed by atoms with Gasteiger partial charge >= 0.3 is 5.69 Å². The Morgan fingerprint density at radius 1 is 1.07 bits per heavy atom. The molecule has 4 rings (SSSR count). The number of nitrogens with zero attached hydrogens (tertiary/aromatic N) is 2. The minimum absolute atomic E-state index is 0.107. The number of nitrogens with one attached hydrogen (secondary N) is 1. The molecule has 0 saturated heterocycles. The number of anilines is 1. The first kappa shape index (κ1) is 19.1. The monoisotopic (exact) mass is 407 g/mol. The number of benzene rings is 2. The normalized spacial score (nSPS) is 11.1. The lowest BCUT2D eigenvalue weighted by Gasteiger charge is -2.12. The number of carbonyl (C=O) groups is 1. The van der Waals surface area contributed by atoms with Gasteiger partial charge in [-0.05, 0) is 43.3 Å². The van der Waals surface area contributed by atoms with Crippen LogP contribution in [0.4, 0.5) is 5.69 Å². The van der Waals surface area contributed by atoms with E-state index in [2.05, 4.69) is 5.32 Å². The lowest BCUT2D eigenvalue weighted by Crippen LogP contribution is -2.19. The lowest BCUT2D eigenvalue weighted by atomic mass is 10.1. The minimum atomic E-state index is -0.190. The van der Waals surface area contributed by atoms with Gasteiger partial charge in [0, 0.05) is 24.6 Å². The highest BCUT2D eigenvalue weighted by molar-refractivity contribution is 7.98. The number of aryl methyl sites for hydroxylation is 3. The molecule has 4 aromatic rings. The summed E-state index contributed by atoms with van der Waals surface area (Å²) in [7, 11) is 3.47. The van der Waals surface area contributed by atoms with Crippen molar-refractivity contribution in [1.29, 1.82) is 0 Å². The number of amides is 1. The molecule has 7 heteroatoms. The zero-order valence-corrected chi connectivity index (χ0v) is 17.2. The molecule has 0 radical (unpaired) electrons. The molecule has 2 heterocycles. The number of hydrogen-bond donors (Lipinski definition) is 1. The second-order valence-electron chi connectivity index (χ2n) is 6.93. The number of carbonyl (C=O) groups excluding carboxylic acids is 1. The van der Waals surface area contributed by atoms with Crippen LogP contribution >= 0.6 is 11.8 Å². The number of rotatable bonds is 5. The van der Waals surface area contributed by atoms with Crippen molar-refractivity contribution in [1.82, 2.24) is 9.13 Å². The highest BCUT2D eigenvalue weighted by atomic mass is 32.2. The number of imidazole rings is 1. The van der Waals surface area contributed by atoms with Crippen LogP contribution in [-0.2, 0) is 19.8 Å². The Balaban J connectivity index is 1.73. The first-order valence-corrected chi connectivity index (χ1v) is 10.2. The molecular formula is C22H21N3O3S. The summed E-state index contributed by atoms with van der Waals surface area (Å²) in [6.45, 7) is 1.98. The topological polar surface area (TPSA) is 69.2 Å². The van der Waals surface area contributed by atoms with E-state index in [-0.39, 0.29) is 11.6 Å². The highest BCUT2D eigenvalue weighted by Gasteiger charge is 2.16. The Morgan fingerprint density at radius 3 is 2.41 bits per heavy atom. The number of fused-ring (bicyclic) bond motifs is 1. The average Bonchev–Trinajstić information content (AvgIpc) is 3.31. The van der Waals surface area contributed by atoms with Crippen LogP contribution in [0.25, 0.3) is 11.0 Å². The third-order valence-corrected chi connectivity index (χ3v) is 5.96. The van der Waals surface area contributed by atoms with Crippen LogP contribution in [0.5, 0.6) is 0 Å².